The zero-order chi connectivity index (χ0) is 22.6. The Morgan fingerprint density at radius 2 is 2.03 bits per heavy atom. The van der Waals surface area contributed by atoms with E-state index in [1.165, 1.54) is 0 Å². The molecule has 2 aromatic heterocycles. The summed E-state index contributed by atoms with van der Waals surface area (Å²) in [6.07, 6.45) is 4.80. The van der Waals surface area contributed by atoms with E-state index in [-0.39, 0.29) is 6.10 Å². The summed E-state index contributed by atoms with van der Waals surface area (Å²) in [5.74, 6) is 1.85. The van der Waals surface area contributed by atoms with Gasteiger partial charge in [-0.2, -0.15) is 0 Å². The van der Waals surface area contributed by atoms with Gasteiger partial charge >= 0.3 is 6.09 Å². The summed E-state index contributed by atoms with van der Waals surface area (Å²) in [6.45, 7) is 2.07. The molecular weight excluding hydrogens is 426 g/mol. The molecule has 0 saturated carbocycles. The van der Waals surface area contributed by atoms with Crippen LogP contribution in [0.25, 0.3) is 17.1 Å². The maximum Gasteiger partial charge on any atom is 0.414 e. The number of fused-ring (bicyclic) bond motifs is 2. The third kappa shape index (κ3) is 4.54. The number of cyclic esters (lactones) is 1. The van der Waals surface area contributed by atoms with Gasteiger partial charge < -0.3 is 23.7 Å². The van der Waals surface area contributed by atoms with Crippen molar-refractivity contribution in [1.29, 1.82) is 0 Å². The molecule has 1 aromatic carbocycles. The highest BCUT2D eigenvalue weighted by atomic mass is 16.6. The molecular formula is C24H23N3O6. The number of benzene rings is 1. The Hall–Kier alpha value is -3.85. The molecule has 4 heterocycles. The molecule has 170 valence electrons. The van der Waals surface area contributed by atoms with E-state index in [4.69, 9.17) is 23.7 Å². The number of rotatable bonds is 7. The highest BCUT2D eigenvalue weighted by Gasteiger charge is 2.33. The fraction of sp³-hybridized carbons (Fsp3) is 0.292. The van der Waals surface area contributed by atoms with Crippen molar-refractivity contribution >= 4 is 28.9 Å². The van der Waals surface area contributed by atoms with E-state index >= 15 is 0 Å². The van der Waals surface area contributed by atoms with Crippen molar-refractivity contribution in [1.82, 2.24) is 9.97 Å². The topological polar surface area (TPSA) is 92.2 Å². The van der Waals surface area contributed by atoms with Crippen LogP contribution in [0.2, 0.25) is 0 Å². The Kier molecular flexibility index (Phi) is 5.95. The van der Waals surface area contributed by atoms with E-state index in [0.29, 0.717) is 56.0 Å². The first-order chi connectivity index (χ1) is 16.2. The molecule has 1 atom stereocenters. The summed E-state index contributed by atoms with van der Waals surface area (Å²) in [4.78, 5) is 22.7. The van der Waals surface area contributed by atoms with E-state index in [1.54, 1.807) is 36.4 Å². The van der Waals surface area contributed by atoms with Crippen LogP contribution < -0.4 is 19.1 Å². The minimum Gasteiger partial charge on any atom is -0.486 e. The summed E-state index contributed by atoms with van der Waals surface area (Å²) in [7, 11) is 1.58. The standard InChI is InChI=1S/C24H23N3O6/c1-29-22-7-5-19-23(26-22)16(8-9-25-19)3-2-10-30-15-18-14-27(24(28)33-18)17-4-6-20-21(13-17)32-12-11-31-20/h2-9,13,18H,10-12,14-15H2,1H3/t18-/m1/s1. The monoisotopic (exact) mass is 449 g/mol. The average molecular weight is 449 g/mol. The Morgan fingerprint density at radius 3 is 2.91 bits per heavy atom. The Balaban J connectivity index is 1.16. The number of methoxy groups -OCH3 is 1. The molecule has 0 spiro atoms. The lowest BCUT2D eigenvalue weighted by molar-refractivity contribution is 0.0580. The van der Waals surface area contributed by atoms with Crippen molar-refractivity contribution in [3.63, 3.8) is 0 Å². The Morgan fingerprint density at radius 1 is 1.15 bits per heavy atom. The molecule has 0 aliphatic carbocycles. The number of ether oxygens (including phenoxy) is 5. The summed E-state index contributed by atoms with van der Waals surface area (Å²) in [5, 5.41) is 0. The fourth-order valence-corrected chi connectivity index (χ4v) is 3.74. The number of pyridine rings is 2. The van der Waals surface area contributed by atoms with Gasteiger partial charge in [0.15, 0.2) is 11.5 Å². The van der Waals surface area contributed by atoms with Crippen molar-refractivity contribution in [2.24, 2.45) is 0 Å². The molecule has 0 N–H and O–H groups in total. The quantitative estimate of drug-likeness (QED) is 0.507. The third-order valence-electron chi connectivity index (χ3n) is 5.33. The molecule has 9 nitrogen and oxygen atoms in total. The average Bonchev–Trinajstić information content (AvgIpc) is 3.23. The van der Waals surface area contributed by atoms with Crippen LogP contribution >= 0.6 is 0 Å². The van der Waals surface area contributed by atoms with Gasteiger partial charge in [0, 0.05) is 23.9 Å². The number of hydrogen-bond acceptors (Lipinski definition) is 8. The van der Waals surface area contributed by atoms with Crippen molar-refractivity contribution < 1.29 is 28.5 Å². The lowest BCUT2D eigenvalue weighted by Gasteiger charge is -2.20. The van der Waals surface area contributed by atoms with Crippen molar-refractivity contribution in [2.75, 3.05) is 45.0 Å². The smallest absolute Gasteiger partial charge is 0.414 e. The molecule has 33 heavy (non-hydrogen) atoms. The van der Waals surface area contributed by atoms with Crippen LogP contribution in [0.4, 0.5) is 10.5 Å². The normalized spacial score (nSPS) is 17.5. The molecule has 9 heteroatoms. The predicted molar refractivity (Wildman–Crippen MR) is 121 cm³/mol. The van der Waals surface area contributed by atoms with Crippen LogP contribution in [-0.2, 0) is 9.47 Å². The first kappa shape index (κ1) is 21.0. The SMILES string of the molecule is COc1ccc2nccc(C=CCOC[C@H]3CN(c4ccc5c(c4)OCCO5)C(=O)O3)c2n1. The number of hydrogen-bond donors (Lipinski definition) is 0. The van der Waals surface area contributed by atoms with Gasteiger partial charge in [0.25, 0.3) is 0 Å². The second kappa shape index (κ2) is 9.33. The number of amides is 1. The van der Waals surface area contributed by atoms with Gasteiger partial charge in [-0.3, -0.25) is 9.88 Å². The minimum atomic E-state index is -0.404. The minimum absolute atomic E-state index is 0.292. The number of nitrogens with zero attached hydrogens (tertiary/aromatic N) is 3. The Bertz CT molecular complexity index is 1200. The summed E-state index contributed by atoms with van der Waals surface area (Å²) >= 11 is 0. The van der Waals surface area contributed by atoms with Crippen molar-refractivity contribution in [3.05, 3.63) is 54.2 Å². The lowest BCUT2D eigenvalue weighted by atomic mass is 10.2. The fourth-order valence-electron chi connectivity index (χ4n) is 3.74. The largest absolute Gasteiger partial charge is 0.486 e. The number of anilines is 1. The second-order valence-corrected chi connectivity index (χ2v) is 7.51. The Labute approximate surface area is 190 Å². The van der Waals surface area contributed by atoms with Crippen LogP contribution in [-0.4, -0.2) is 62.2 Å². The van der Waals surface area contributed by atoms with Crippen LogP contribution in [0.3, 0.4) is 0 Å². The van der Waals surface area contributed by atoms with Crippen LogP contribution in [0.1, 0.15) is 5.56 Å². The summed E-state index contributed by atoms with van der Waals surface area (Å²) in [5.41, 5.74) is 3.17. The van der Waals surface area contributed by atoms with E-state index in [9.17, 15) is 4.79 Å². The van der Waals surface area contributed by atoms with Gasteiger partial charge in [0.2, 0.25) is 5.88 Å². The van der Waals surface area contributed by atoms with E-state index in [1.807, 2.05) is 30.4 Å². The zero-order valence-corrected chi connectivity index (χ0v) is 18.1. The van der Waals surface area contributed by atoms with Gasteiger partial charge in [-0.15, -0.1) is 0 Å². The van der Waals surface area contributed by atoms with Crippen LogP contribution in [0.15, 0.2) is 48.7 Å². The molecule has 0 unspecified atom stereocenters. The van der Waals surface area contributed by atoms with Gasteiger partial charge in [-0.25, -0.2) is 9.78 Å². The first-order valence-electron chi connectivity index (χ1n) is 10.6. The first-order valence-corrected chi connectivity index (χ1v) is 10.6. The van der Waals surface area contributed by atoms with Gasteiger partial charge in [0.05, 0.1) is 43.6 Å². The summed E-state index contributed by atoms with van der Waals surface area (Å²) in [6, 6.07) is 11.0. The number of carbonyl (C=O) groups is 1. The third-order valence-corrected chi connectivity index (χ3v) is 5.33. The maximum atomic E-state index is 12.3. The highest BCUT2D eigenvalue weighted by molar-refractivity contribution is 5.90. The predicted octanol–water partition coefficient (Wildman–Crippen LogP) is 3.46. The van der Waals surface area contributed by atoms with E-state index in [2.05, 4.69) is 9.97 Å². The van der Waals surface area contributed by atoms with Gasteiger partial charge in [0.1, 0.15) is 19.3 Å². The molecule has 0 bridgehead atoms. The molecule has 1 amide bonds. The van der Waals surface area contributed by atoms with Crippen LogP contribution in [0.5, 0.6) is 17.4 Å². The van der Waals surface area contributed by atoms with E-state index < -0.39 is 6.09 Å². The van der Waals surface area contributed by atoms with Crippen LogP contribution in [0, 0.1) is 0 Å². The second-order valence-electron chi connectivity index (χ2n) is 7.51. The molecule has 2 aliphatic heterocycles. The van der Waals surface area contributed by atoms with Gasteiger partial charge in [-0.1, -0.05) is 12.2 Å². The van der Waals surface area contributed by atoms with E-state index in [0.717, 1.165) is 16.6 Å². The zero-order valence-electron chi connectivity index (χ0n) is 18.1. The number of carbonyl (C=O) groups excluding carboxylic acids is 1. The molecule has 1 fully saturated rings. The van der Waals surface area contributed by atoms with Crippen molar-refractivity contribution in [2.45, 2.75) is 6.10 Å². The number of aromatic nitrogens is 2. The summed E-state index contributed by atoms with van der Waals surface area (Å²) < 4.78 is 27.5. The highest BCUT2D eigenvalue weighted by Crippen LogP contribution is 2.35. The molecule has 2 aliphatic rings. The van der Waals surface area contributed by atoms with Gasteiger partial charge in [-0.05, 0) is 24.3 Å². The molecule has 3 aromatic rings. The maximum absolute atomic E-state index is 12.3. The lowest BCUT2D eigenvalue weighted by Crippen LogP contribution is -2.26. The molecule has 0 radical (unpaired) electrons. The molecule has 5 rings (SSSR count). The molecule has 1 saturated heterocycles. The van der Waals surface area contributed by atoms with Crippen molar-refractivity contribution in [3.8, 4) is 17.4 Å².